The summed E-state index contributed by atoms with van der Waals surface area (Å²) in [6, 6.07) is 8.14. The Hall–Kier alpha value is -2.22. The summed E-state index contributed by atoms with van der Waals surface area (Å²) in [5.41, 5.74) is 1.99. The number of thiophene rings is 1. The van der Waals surface area contributed by atoms with Crippen molar-refractivity contribution in [3.63, 3.8) is 0 Å². The number of hydrogen-bond donors (Lipinski definition) is 1. The van der Waals surface area contributed by atoms with Crippen molar-refractivity contribution in [1.82, 2.24) is 19.8 Å². The number of carbonyl (C=O) groups excluding carboxylic acids is 1. The molecular weight excluding hydrogens is 432 g/mol. The van der Waals surface area contributed by atoms with E-state index in [4.69, 9.17) is 11.6 Å². The van der Waals surface area contributed by atoms with E-state index in [-0.39, 0.29) is 17.5 Å². The van der Waals surface area contributed by atoms with E-state index in [1.807, 2.05) is 36.9 Å². The van der Waals surface area contributed by atoms with E-state index in [2.05, 4.69) is 27.9 Å². The predicted octanol–water partition coefficient (Wildman–Crippen LogP) is 4.09. The molecule has 0 spiro atoms. The van der Waals surface area contributed by atoms with Gasteiger partial charge in [-0.25, -0.2) is 4.98 Å². The highest BCUT2D eigenvalue weighted by Crippen LogP contribution is 2.28. The van der Waals surface area contributed by atoms with Crippen LogP contribution in [0.15, 0.2) is 29.1 Å². The van der Waals surface area contributed by atoms with Crippen molar-refractivity contribution in [1.29, 1.82) is 0 Å². The molecule has 1 aromatic carbocycles. The van der Waals surface area contributed by atoms with Crippen LogP contribution in [-0.4, -0.2) is 51.9 Å². The molecule has 1 amide bonds. The number of hydrogen-bond acceptors (Lipinski definition) is 5. The Labute approximate surface area is 190 Å². The summed E-state index contributed by atoms with van der Waals surface area (Å²) < 4.78 is 0. The van der Waals surface area contributed by atoms with Gasteiger partial charge in [0, 0.05) is 55.0 Å². The third kappa shape index (κ3) is 4.54. The first-order valence-electron chi connectivity index (χ1n) is 10.6. The Morgan fingerprint density at radius 3 is 2.65 bits per heavy atom. The van der Waals surface area contributed by atoms with Gasteiger partial charge in [-0.05, 0) is 38.0 Å². The number of aromatic amines is 1. The minimum absolute atomic E-state index is 0.103. The minimum atomic E-state index is -0.114. The van der Waals surface area contributed by atoms with Crippen molar-refractivity contribution >= 4 is 39.1 Å². The van der Waals surface area contributed by atoms with Crippen molar-refractivity contribution in [2.75, 3.05) is 26.2 Å². The van der Waals surface area contributed by atoms with E-state index in [1.54, 1.807) is 0 Å². The molecule has 3 heterocycles. The molecule has 1 aliphatic heterocycles. The standard InChI is InChI=1S/C23H27ClN4O2S/c1-14-16(3)31-23-21(14)22(30)25-19(26-23)8-9-20(29)28-12-10-27(11-13-28)15(2)17-6-4-5-7-18(17)24/h4-7,15H,8-13H2,1-3H3,(H,25,26,30). The fourth-order valence-corrected chi connectivity index (χ4v) is 5.51. The summed E-state index contributed by atoms with van der Waals surface area (Å²) in [7, 11) is 0. The molecule has 0 radical (unpaired) electrons. The van der Waals surface area contributed by atoms with Gasteiger partial charge in [0.2, 0.25) is 5.91 Å². The highest BCUT2D eigenvalue weighted by atomic mass is 35.5. The largest absolute Gasteiger partial charge is 0.340 e. The van der Waals surface area contributed by atoms with Crippen molar-refractivity contribution in [2.45, 2.75) is 39.7 Å². The summed E-state index contributed by atoms with van der Waals surface area (Å²) >= 11 is 7.88. The van der Waals surface area contributed by atoms with E-state index in [0.29, 0.717) is 37.1 Å². The quantitative estimate of drug-likeness (QED) is 0.625. The second-order valence-corrected chi connectivity index (χ2v) is 9.70. The number of carbonyl (C=O) groups is 1. The summed E-state index contributed by atoms with van der Waals surface area (Å²) in [6.07, 6.45) is 0.786. The van der Waals surface area contributed by atoms with E-state index < -0.39 is 0 Å². The number of halogens is 1. The Morgan fingerprint density at radius 2 is 1.94 bits per heavy atom. The van der Waals surface area contributed by atoms with Crippen LogP contribution in [0.4, 0.5) is 0 Å². The molecule has 0 aliphatic carbocycles. The topological polar surface area (TPSA) is 69.3 Å². The number of nitrogens with one attached hydrogen (secondary N) is 1. The van der Waals surface area contributed by atoms with Gasteiger partial charge in [-0.1, -0.05) is 29.8 Å². The van der Waals surface area contributed by atoms with Gasteiger partial charge >= 0.3 is 0 Å². The molecule has 1 N–H and O–H groups in total. The van der Waals surface area contributed by atoms with Gasteiger partial charge in [0.05, 0.1) is 5.39 Å². The first-order chi connectivity index (χ1) is 14.8. The lowest BCUT2D eigenvalue weighted by Crippen LogP contribution is -2.49. The normalized spacial score (nSPS) is 16.1. The van der Waals surface area contributed by atoms with E-state index in [9.17, 15) is 9.59 Å². The Bertz CT molecular complexity index is 1160. The molecule has 1 aliphatic rings. The summed E-state index contributed by atoms with van der Waals surface area (Å²) in [6.45, 7) is 9.11. The van der Waals surface area contributed by atoms with Crippen LogP contribution in [0, 0.1) is 13.8 Å². The zero-order chi connectivity index (χ0) is 22.1. The predicted molar refractivity (Wildman–Crippen MR) is 126 cm³/mol. The molecular formula is C23H27ClN4O2S. The molecule has 0 saturated carbocycles. The van der Waals surface area contributed by atoms with Crippen molar-refractivity contribution in [3.05, 3.63) is 61.5 Å². The SMILES string of the molecule is Cc1sc2nc(CCC(=O)N3CCN(C(C)c4ccccc4Cl)CC3)[nH]c(=O)c2c1C. The van der Waals surface area contributed by atoms with Crippen LogP contribution >= 0.6 is 22.9 Å². The number of H-pyrrole nitrogens is 1. The smallest absolute Gasteiger partial charge is 0.259 e. The van der Waals surface area contributed by atoms with Crippen LogP contribution in [0.5, 0.6) is 0 Å². The average molecular weight is 459 g/mol. The molecule has 1 unspecified atom stereocenters. The lowest BCUT2D eigenvalue weighted by atomic mass is 10.1. The number of nitrogens with zero attached hydrogens (tertiary/aromatic N) is 3. The molecule has 1 fully saturated rings. The van der Waals surface area contributed by atoms with Gasteiger partial charge in [0.1, 0.15) is 10.7 Å². The van der Waals surface area contributed by atoms with Crippen molar-refractivity contribution in [2.24, 2.45) is 0 Å². The van der Waals surface area contributed by atoms with Crippen LogP contribution < -0.4 is 5.56 Å². The molecule has 1 saturated heterocycles. The zero-order valence-corrected chi connectivity index (χ0v) is 19.6. The Balaban J connectivity index is 1.34. The van der Waals surface area contributed by atoms with E-state index in [0.717, 1.165) is 38.9 Å². The van der Waals surface area contributed by atoms with Gasteiger partial charge < -0.3 is 9.88 Å². The number of rotatable bonds is 5. The Morgan fingerprint density at radius 1 is 1.23 bits per heavy atom. The van der Waals surface area contributed by atoms with Gasteiger partial charge in [0.25, 0.3) is 5.56 Å². The summed E-state index contributed by atoms with van der Waals surface area (Å²) in [4.78, 5) is 38.7. The highest BCUT2D eigenvalue weighted by molar-refractivity contribution is 7.18. The van der Waals surface area contributed by atoms with Gasteiger partial charge in [0.15, 0.2) is 0 Å². The lowest BCUT2D eigenvalue weighted by molar-refractivity contribution is -0.133. The first-order valence-corrected chi connectivity index (χ1v) is 11.8. The zero-order valence-electron chi connectivity index (χ0n) is 18.1. The molecule has 3 aromatic rings. The molecule has 2 aromatic heterocycles. The van der Waals surface area contributed by atoms with Crippen molar-refractivity contribution in [3.8, 4) is 0 Å². The maximum absolute atomic E-state index is 12.7. The number of aromatic nitrogens is 2. The van der Waals surface area contributed by atoms with E-state index in [1.165, 1.54) is 11.3 Å². The van der Waals surface area contributed by atoms with Crippen LogP contribution in [-0.2, 0) is 11.2 Å². The van der Waals surface area contributed by atoms with Crippen molar-refractivity contribution < 1.29 is 4.79 Å². The number of benzene rings is 1. The van der Waals surface area contributed by atoms with Crippen LogP contribution in [0.2, 0.25) is 5.02 Å². The van der Waals surface area contributed by atoms with E-state index >= 15 is 0 Å². The second-order valence-electron chi connectivity index (χ2n) is 8.09. The monoisotopic (exact) mass is 458 g/mol. The van der Waals surface area contributed by atoms with Gasteiger partial charge in [-0.3, -0.25) is 14.5 Å². The maximum atomic E-state index is 12.7. The third-order valence-corrected chi connectivity index (χ3v) is 7.68. The average Bonchev–Trinajstić information content (AvgIpc) is 3.06. The van der Waals surface area contributed by atoms with Crippen LogP contribution in [0.3, 0.4) is 0 Å². The number of fused-ring (bicyclic) bond motifs is 1. The highest BCUT2D eigenvalue weighted by Gasteiger charge is 2.25. The van der Waals surface area contributed by atoms with Gasteiger partial charge in [-0.2, -0.15) is 0 Å². The molecule has 8 heteroatoms. The van der Waals surface area contributed by atoms with Crippen LogP contribution in [0.1, 0.15) is 41.2 Å². The number of amides is 1. The fourth-order valence-electron chi connectivity index (χ4n) is 4.17. The third-order valence-electron chi connectivity index (χ3n) is 6.23. The number of piperazine rings is 1. The van der Waals surface area contributed by atoms with Crippen LogP contribution in [0.25, 0.3) is 10.2 Å². The molecule has 0 bridgehead atoms. The summed E-state index contributed by atoms with van der Waals surface area (Å²) in [5.74, 6) is 0.685. The molecule has 4 rings (SSSR count). The second kappa shape index (κ2) is 9.10. The maximum Gasteiger partial charge on any atom is 0.259 e. The Kier molecular flexibility index (Phi) is 6.46. The fraction of sp³-hybridized carbons (Fsp3) is 0.435. The molecule has 6 nitrogen and oxygen atoms in total. The molecule has 1 atom stereocenters. The summed E-state index contributed by atoms with van der Waals surface area (Å²) in [5, 5.41) is 1.45. The van der Waals surface area contributed by atoms with Gasteiger partial charge in [-0.15, -0.1) is 11.3 Å². The molecule has 164 valence electrons. The first kappa shape index (κ1) is 22.0. The minimum Gasteiger partial charge on any atom is -0.340 e. The number of aryl methyl sites for hydroxylation is 3. The molecule has 31 heavy (non-hydrogen) atoms. The lowest BCUT2D eigenvalue weighted by Gasteiger charge is -2.38.